The van der Waals surface area contributed by atoms with Gasteiger partial charge in [0.15, 0.2) is 6.61 Å². The number of hydrogen-bond donors (Lipinski definition) is 2. The molecule has 8 heteroatoms. The molecule has 25 heavy (non-hydrogen) atoms. The largest absolute Gasteiger partial charge is 0.484 e. The molecule has 2 rings (SSSR count). The van der Waals surface area contributed by atoms with Gasteiger partial charge in [-0.15, -0.1) is 0 Å². The van der Waals surface area contributed by atoms with Crippen LogP contribution in [0.2, 0.25) is 0 Å². The first kappa shape index (κ1) is 18.8. The van der Waals surface area contributed by atoms with Crippen LogP contribution in [-0.2, 0) is 13.0 Å². The van der Waals surface area contributed by atoms with Gasteiger partial charge in [0.2, 0.25) is 0 Å². The van der Waals surface area contributed by atoms with Crippen molar-refractivity contribution >= 4 is 5.91 Å². The number of aromatic nitrogens is 2. The van der Waals surface area contributed by atoms with Crippen LogP contribution in [0.5, 0.6) is 5.75 Å². The molecule has 136 valence electrons. The van der Waals surface area contributed by atoms with E-state index < -0.39 is 12.8 Å². The molecular formula is C17H20F3N3O2. The molecule has 1 aromatic carbocycles. The number of nitrogens with one attached hydrogen (secondary N) is 2. The van der Waals surface area contributed by atoms with Gasteiger partial charge in [-0.2, -0.15) is 18.3 Å². The quantitative estimate of drug-likeness (QED) is 0.799. The monoisotopic (exact) mass is 355 g/mol. The van der Waals surface area contributed by atoms with Gasteiger partial charge in [0.25, 0.3) is 5.91 Å². The van der Waals surface area contributed by atoms with Crippen molar-refractivity contribution in [2.45, 2.75) is 33.0 Å². The minimum absolute atomic E-state index is 0.100. The van der Waals surface area contributed by atoms with Crippen LogP contribution in [0.3, 0.4) is 0 Å². The molecule has 0 saturated carbocycles. The van der Waals surface area contributed by atoms with Gasteiger partial charge in [0, 0.05) is 12.2 Å². The lowest BCUT2D eigenvalue weighted by Gasteiger charge is -2.10. The summed E-state index contributed by atoms with van der Waals surface area (Å²) in [5.74, 6) is 0.187. The predicted octanol–water partition coefficient (Wildman–Crippen LogP) is 3.48. The van der Waals surface area contributed by atoms with E-state index in [1.54, 1.807) is 18.2 Å². The van der Waals surface area contributed by atoms with Gasteiger partial charge >= 0.3 is 6.18 Å². The van der Waals surface area contributed by atoms with Crippen molar-refractivity contribution < 1.29 is 22.7 Å². The molecule has 0 spiro atoms. The molecule has 1 amide bonds. The number of halogens is 3. The van der Waals surface area contributed by atoms with E-state index in [1.807, 2.05) is 0 Å². The predicted molar refractivity (Wildman–Crippen MR) is 86.3 cm³/mol. The first-order chi connectivity index (χ1) is 11.7. The Kier molecular flexibility index (Phi) is 6.06. The maximum atomic E-state index is 12.2. The lowest BCUT2D eigenvalue weighted by Crippen LogP contribution is -2.23. The lowest BCUT2D eigenvalue weighted by atomic mass is 10.1. The first-order valence-electron chi connectivity index (χ1n) is 7.84. The summed E-state index contributed by atoms with van der Waals surface area (Å²) in [7, 11) is 0. The average Bonchev–Trinajstić information content (AvgIpc) is 2.98. The highest BCUT2D eigenvalue weighted by Gasteiger charge is 2.28. The Hall–Kier alpha value is -2.51. The summed E-state index contributed by atoms with van der Waals surface area (Å²) in [4.78, 5) is 12.1. The molecule has 0 aliphatic heterocycles. The van der Waals surface area contributed by atoms with E-state index in [9.17, 15) is 18.0 Å². The van der Waals surface area contributed by atoms with Gasteiger partial charge in [-0.05, 0) is 36.1 Å². The molecule has 0 atom stereocenters. The maximum absolute atomic E-state index is 12.2. The topological polar surface area (TPSA) is 67.0 Å². The summed E-state index contributed by atoms with van der Waals surface area (Å²) < 4.78 is 41.2. The number of nitrogens with zero attached hydrogens (tertiary/aromatic N) is 1. The molecule has 1 aromatic heterocycles. The number of rotatable bonds is 7. The number of hydrogen-bond acceptors (Lipinski definition) is 3. The van der Waals surface area contributed by atoms with Crippen LogP contribution in [-0.4, -0.2) is 28.9 Å². The third kappa shape index (κ3) is 6.48. The number of aromatic amines is 1. The van der Waals surface area contributed by atoms with Crippen LogP contribution in [0.25, 0.3) is 0 Å². The number of benzene rings is 1. The zero-order valence-electron chi connectivity index (χ0n) is 14.0. The van der Waals surface area contributed by atoms with Gasteiger partial charge in [-0.25, -0.2) is 0 Å². The Bertz CT molecular complexity index is 711. The fraction of sp³-hybridized carbons (Fsp3) is 0.412. The van der Waals surface area contributed by atoms with Gasteiger partial charge in [0.05, 0.1) is 0 Å². The highest BCUT2D eigenvalue weighted by Crippen LogP contribution is 2.19. The van der Waals surface area contributed by atoms with Crippen LogP contribution in [0.1, 0.15) is 35.6 Å². The second-order valence-electron chi connectivity index (χ2n) is 6.11. The molecule has 0 bridgehead atoms. The maximum Gasteiger partial charge on any atom is 0.422 e. The lowest BCUT2D eigenvalue weighted by molar-refractivity contribution is -0.153. The Morgan fingerprint density at radius 2 is 2.08 bits per heavy atom. The van der Waals surface area contributed by atoms with Crippen molar-refractivity contribution in [1.29, 1.82) is 0 Å². The summed E-state index contributed by atoms with van der Waals surface area (Å²) in [5, 5.41) is 9.47. The Morgan fingerprint density at radius 1 is 1.32 bits per heavy atom. The van der Waals surface area contributed by atoms with Gasteiger partial charge in [0.1, 0.15) is 11.4 Å². The summed E-state index contributed by atoms with van der Waals surface area (Å²) in [6.45, 7) is 2.94. The Labute approximate surface area is 143 Å². The molecule has 0 aliphatic rings. The second kappa shape index (κ2) is 8.04. The van der Waals surface area contributed by atoms with Gasteiger partial charge in [-0.1, -0.05) is 26.0 Å². The summed E-state index contributed by atoms with van der Waals surface area (Å²) in [6, 6.07) is 7.85. The number of ether oxygens (including phenoxy) is 1. The standard InChI is InChI=1S/C17H20F3N3O2/c1-11(2)6-13-8-15(23-22-13)16(24)21-9-12-4-3-5-14(7-12)25-10-17(18,19)20/h3-5,7-8,11H,6,9-10H2,1-2H3,(H,21,24)(H,22,23). The van der Waals surface area contributed by atoms with E-state index >= 15 is 0 Å². The second-order valence-corrected chi connectivity index (χ2v) is 6.11. The first-order valence-corrected chi connectivity index (χ1v) is 7.84. The Balaban J connectivity index is 1.90. The van der Waals surface area contributed by atoms with E-state index in [1.165, 1.54) is 12.1 Å². The highest BCUT2D eigenvalue weighted by atomic mass is 19.4. The molecule has 0 radical (unpaired) electrons. The molecule has 1 heterocycles. The average molecular weight is 355 g/mol. The van der Waals surface area contributed by atoms with E-state index in [0.29, 0.717) is 11.5 Å². The molecule has 0 saturated heterocycles. The summed E-state index contributed by atoms with van der Waals surface area (Å²) in [6.07, 6.45) is -3.60. The number of carbonyl (C=O) groups is 1. The molecule has 2 N–H and O–H groups in total. The van der Waals surface area contributed by atoms with Gasteiger partial charge < -0.3 is 10.1 Å². The number of H-pyrrole nitrogens is 1. The van der Waals surface area contributed by atoms with Crippen molar-refractivity contribution in [3.8, 4) is 5.75 Å². The zero-order valence-corrected chi connectivity index (χ0v) is 14.0. The van der Waals surface area contributed by atoms with Crippen LogP contribution in [0, 0.1) is 5.92 Å². The van der Waals surface area contributed by atoms with E-state index in [0.717, 1.165) is 12.1 Å². The summed E-state index contributed by atoms with van der Waals surface area (Å²) >= 11 is 0. The van der Waals surface area contributed by atoms with E-state index in [4.69, 9.17) is 0 Å². The molecule has 0 aliphatic carbocycles. The van der Waals surface area contributed by atoms with Crippen molar-refractivity contribution in [3.63, 3.8) is 0 Å². The molecule has 2 aromatic rings. The van der Waals surface area contributed by atoms with Crippen molar-refractivity contribution in [2.24, 2.45) is 5.92 Å². The fourth-order valence-electron chi connectivity index (χ4n) is 2.21. The minimum atomic E-state index is -4.39. The molecule has 5 nitrogen and oxygen atoms in total. The van der Waals surface area contributed by atoms with Crippen LogP contribution >= 0.6 is 0 Å². The van der Waals surface area contributed by atoms with E-state index in [2.05, 4.69) is 34.1 Å². The normalized spacial score (nSPS) is 11.6. The van der Waals surface area contributed by atoms with Crippen LogP contribution in [0.15, 0.2) is 30.3 Å². The SMILES string of the molecule is CC(C)Cc1cc(C(=O)NCc2cccc(OCC(F)(F)F)c2)n[nH]1. The smallest absolute Gasteiger partial charge is 0.422 e. The molecule has 0 unspecified atom stereocenters. The van der Waals surface area contributed by atoms with Gasteiger partial charge in [-0.3, -0.25) is 9.89 Å². The number of alkyl halides is 3. The van der Waals surface area contributed by atoms with Crippen LogP contribution in [0.4, 0.5) is 13.2 Å². The Morgan fingerprint density at radius 3 is 2.76 bits per heavy atom. The minimum Gasteiger partial charge on any atom is -0.484 e. The number of carbonyl (C=O) groups excluding carboxylic acids is 1. The third-order valence-corrected chi connectivity index (χ3v) is 3.25. The van der Waals surface area contributed by atoms with E-state index in [-0.39, 0.29) is 23.9 Å². The van der Waals surface area contributed by atoms with Crippen molar-refractivity contribution in [2.75, 3.05) is 6.61 Å². The number of amides is 1. The molecule has 0 fully saturated rings. The summed E-state index contributed by atoms with van der Waals surface area (Å²) in [5.41, 5.74) is 1.79. The van der Waals surface area contributed by atoms with Crippen LogP contribution < -0.4 is 10.1 Å². The van der Waals surface area contributed by atoms with Crippen molar-refractivity contribution in [3.05, 3.63) is 47.3 Å². The van der Waals surface area contributed by atoms with Crippen molar-refractivity contribution in [1.82, 2.24) is 15.5 Å². The third-order valence-electron chi connectivity index (χ3n) is 3.25. The highest BCUT2D eigenvalue weighted by molar-refractivity contribution is 5.92. The fourth-order valence-corrected chi connectivity index (χ4v) is 2.21. The molecular weight excluding hydrogens is 335 g/mol. The zero-order chi connectivity index (χ0) is 18.4.